The number of nitrogens with zero attached hydrogens (tertiary/aromatic N) is 4. The minimum absolute atomic E-state index is 0.00548. The van der Waals surface area contributed by atoms with E-state index in [0.717, 1.165) is 11.3 Å². The van der Waals surface area contributed by atoms with Crippen LogP contribution in [0.1, 0.15) is 46.1 Å². The van der Waals surface area contributed by atoms with Crippen LogP contribution >= 0.6 is 0 Å². The summed E-state index contributed by atoms with van der Waals surface area (Å²) in [6.07, 6.45) is 0. The molecule has 2 rings (SSSR count). The number of fused-ring (bicyclic) bond motifs is 1. The van der Waals surface area contributed by atoms with Crippen LogP contribution in [0, 0.1) is 0 Å². The van der Waals surface area contributed by atoms with E-state index in [2.05, 4.69) is 36.1 Å². The fourth-order valence-electron chi connectivity index (χ4n) is 1.59. The van der Waals surface area contributed by atoms with Gasteiger partial charge in [0, 0.05) is 5.41 Å². The fraction of sp³-hybridized carbons (Fsp3) is 0.583. The molecule has 0 fully saturated rings. The molecule has 0 aliphatic rings. The minimum atomic E-state index is -0.553. The van der Waals surface area contributed by atoms with Gasteiger partial charge in [0.1, 0.15) is 0 Å². The number of aromatic nitrogens is 4. The monoisotopic (exact) mass is 233 g/mol. The summed E-state index contributed by atoms with van der Waals surface area (Å²) >= 11 is 0. The van der Waals surface area contributed by atoms with Crippen molar-refractivity contribution in [1.29, 1.82) is 0 Å². The van der Waals surface area contributed by atoms with Crippen molar-refractivity contribution in [2.24, 2.45) is 5.73 Å². The zero-order valence-corrected chi connectivity index (χ0v) is 11.0. The van der Waals surface area contributed by atoms with Crippen molar-refractivity contribution < 1.29 is 0 Å². The first-order valence-corrected chi connectivity index (χ1v) is 5.72. The zero-order valence-electron chi connectivity index (χ0n) is 11.0. The second-order valence-corrected chi connectivity index (χ2v) is 5.98. The highest BCUT2D eigenvalue weighted by Gasteiger charge is 2.24. The summed E-state index contributed by atoms with van der Waals surface area (Å²) in [6, 6.07) is 3.91. The van der Waals surface area contributed by atoms with Crippen molar-refractivity contribution in [2.75, 3.05) is 0 Å². The van der Waals surface area contributed by atoms with E-state index in [1.54, 1.807) is 4.52 Å². The van der Waals surface area contributed by atoms with Gasteiger partial charge in [0.25, 0.3) is 0 Å². The number of hydrogen-bond donors (Lipinski definition) is 1. The average molecular weight is 233 g/mol. The lowest BCUT2D eigenvalue weighted by Crippen LogP contribution is -2.32. The lowest BCUT2D eigenvalue weighted by molar-refractivity contribution is 0.487. The molecule has 0 atom stereocenters. The fourth-order valence-corrected chi connectivity index (χ4v) is 1.59. The Bertz CT molecular complexity index is 542. The van der Waals surface area contributed by atoms with E-state index >= 15 is 0 Å². The smallest absolute Gasteiger partial charge is 0.178 e. The predicted octanol–water partition coefficient (Wildman–Crippen LogP) is 1.62. The van der Waals surface area contributed by atoms with Crippen molar-refractivity contribution in [3.8, 4) is 0 Å². The average Bonchev–Trinajstić information content (AvgIpc) is 2.57. The number of nitrogens with two attached hydrogens (primary N) is 1. The first kappa shape index (κ1) is 12.0. The summed E-state index contributed by atoms with van der Waals surface area (Å²) in [5.41, 5.74) is 7.23. The number of hydrogen-bond acceptors (Lipinski definition) is 4. The molecule has 2 heterocycles. The van der Waals surface area contributed by atoms with Crippen molar-refractivity contribution in [3.05, 3.63) is 23.7 Å². The highest BCUT2D eigenvalue weighted by Crippen LogP contribution is 2.21. The molecule has 0 aliphatic heterocycles. The normalized spacial score (nSPS) is 13.3. The van der Waals surface area contributed by atoms with Gasteiger partial charge in [-0.3, -0.25) is 0 Å². The molecule has 2 aromatic rings. The molecule has 17 heavy (non-hydrogen) atoms. The summed E-state index contributed by atoms with van der Waals surface area (Å²) in [7, 11) is 0. The molecule has 5 heteroatoms. The van der Waals surface area contributed by atoms with Gasteiger partial charge in [-0.25, -0.2) is 0 Å². The standard InChI is InChI=1S/C12H19N5/c1-11(2,3)8-6-7-9-14-15-10(12(4,5)13)17(9)16-8/h6-7H,13H2,1-5H3. The molecule has 92 valence electrons. The Morgan fingerprint density at radius 1 is 1.06 bits per heavy atom. The van der Waals surface area contributed by atoms with Crippen LogP contribution in [0.25, 0.3) is 5.65 Å². The molecule has 5 nitrogen and oxygen atoms in total. The van der Waals surface area contributed by atoms with E-state index < -0.39 is 5.54 Å². The van der Waals surface area contributed by atoms with Gasteiger partial charge in [0.05, 0.1) is 11.2 Å². The SMILES string of the molecule is CC(C)(C)c1ccc2nnc(C(C)(C)N)n2n1. The van der Waals surface area contributed by atoms with Crippen LogP contribution in [0.5, 0.6) is 0 Å². The molecule has 0 amide bonds. The molecule has 0 aliphatic carbocycles. The Kier molecular flexibility index (Phi) is 2.47. The quantitative estimate of drug-likeness (QED) is 0.812. The van der Waals surface area contributed by atoms with Gasteiger partial charge in [0.2, 0.25) is 0 Å². The lowest BCUT2D eigenvalue weighted by Gasteiger charge is -2.19. The Hall–Kier alpha value is -1.49. The van der Waals surface area contributed by atoms with Crippen LogP contribution in [0.3, 0.4) is 0 Å². The Morgan fingerprint density at radius 3 is 2.24 bits per heavy atom. The van der Waals surface area contributed by atoms with E-state index in [1.807, 2.05) is 26.0 Å². The van der Waals surface area contributed by atoms with Crippen LogP contribution in [-0.4, -0.2) is 19.8 Å². The van der Waals surface area contributed by atoms with Crippen LogP contribution in [-0.2, 0) is 11.0 Å². The van der Waals surface area contributed by atoms with E-state index in [9.17, 15) is 0 Å². The Balaban J connectivity index is 2.67. The second kappa shape index (κ2) is 3.50. The summed E-state index contributed by atoms with van der Waals surface area (Å²) in [4.78, 5) is 0. The third kappa shape index (κ3) is 2.15. The van der Waals surface area contributed by atoms with Gasteiger partial charge in [0.15, 0.2) is 11.5 Å². The molecular weight excluding hydrogens is 214 g/mol. The maximum Gasteiger partial charge on any atom is 0.178 e. The highest BCUT2D eigenvalue weighted by atomic mass is 15.4. The van der Waals surface area contributed by atoms with Gasteiger partial charge in [-0.15, -0.1) is 10.2 Å². The van der Waals surface area contributed by atoms with Crippen molar-refractivity contribution >= 4 is 5.65 Å². The molecule has 0 saturated carbocycles. The topological polar surface area (TPSA) is 69.1 Å². The second-order valence-electron chi connectivity index (χ2n) is 5.98. The third-order valence-corrected chi connectivity index (χ3v) is 2.61. The Morgan fingerprint density at radius 2 is 1.71 bits per heavy atom. The largest absolute Gasteiger partial charge is 0.319 e. The summed E-state index contributed by atoms with van der Waals surface area (Å²) < 4.78 is 1.74. The molecule has 2 aromatic heterocycles. The van der Waals surface area contributed by atoms with Gasteiger partial charge in [-0.05, 0) is 26.0 Å². The van der Waals surface area contributed by atoms with Gasteiger partial charge < -0.3 is 5.73 Å². The Labute approximate surface area is 101 Å². The molecule has 0 radical (unpaired) electrons. The molecular formula is C12H19N5. The van der Waals surface area contributed by atoms with E-state index in [1.165, 1.54) is 0 Å². The molecule has 0 saturated heterocycles. The summed E-state index contributed by atoms with van der Waals surface area (Å²) in [5, 5.41) is 12.8. The molecule has 0 spiro atoms. The molecule has 2 N–H and O–H groups in total. The summed E-state index contributed by atoms with van der Waals surface area (Å²) in [5.74, 6) is 0.679. The zero-order chi connectivity index (χ0) is 12.8. The van der Waals surface area contributed by atoms with E-state index in [-0.39, 0.29) is 5.41 Å². The highest BCUT2D eigenvalue weighted by molar-refractivity contribution is 5.38. The van der Waals surface area contributed by atoms with Gasteiger partial charge in [-0.2, -0.15) is 9.61 Å². The first-order chi connectivity index (χ1) is 7.69. The third-order valence-electron chi connectivity index (χ3n) is 2.61. The van der Waals surface area contributed by atoms with Crippen LogP contribution in [0.2, 0.25) is 0 Å². The van der Waals surface area contributed by atoms with Crippen LogP contribution in [0.4, 0.5) is 0 Å². The van der Waals surface area contributed by atoms with Gasteiger partial charge in [-0.1, -0.05) is 20.8 Å². The lowest BCUT2D eigenvalue weighted by atomic mass is 9.92. The van der Waals surface area contributed by atoms with Gasteiger partial charge >= 0.3 is 0 Å². The minimum Gasteiger partial charge on any atom is -0.319 e. The van der Waals surface area contributed by atoms with E-state index in [0.29, 0.717) is 5.82 Å². The van der Waals surface area contributed by atoms with Crippen molar-refractivity contribution in [3.63, 3.8) is 0 Å². The molecule has 0 bridgehead atoms. The van der Waals surface area contributed by atoms with Crippen molar-refractivity contribution in [1.82, 2.24) is 19.8 Å². The summed E-state index contributed by atoms with van der Waals surface area (Å²) in [6.45, 7) is 10.2. The molecule has 0 unspecified atom stereocenters. The maximum absolute atomic E-state index is 6.06. The molecule has 0 aromatic carbocycles. The van der Waals surface area contributed by atoms with E-state index in [4.69, 9.17) is 5.73 Å². The number of rotatable bonds is 1. The van der Waals surface area contributed by atoms with Crippen LogP contribution in [0.15, 0.2) is 12.1 Å². The van der Waals surface area contributed by atoms with Crippen LogP contribution < -0.4 is 5.73 Å². The first-order valence-electron chi connectivity index (χ1n) is 5.72. The predicted molar refractivity (Wildman–Crippen MR) is 66.7 cm³/mol. The maximum atomic E-state index is 6.06. The van der Waals surface area contributed by atoms with Crippen molar-refractivity contribution in [2.45, 2.75) is 45.6 Å².